The van der Waals surface area contributed by atoms with Crippen LogP contribution in [0.3, 0.4) is 0 Å². The van der Waals surface area contributed by atoms with Gasteiger partial charge in [-0.3, -0.25) is 0 Å². The summed E-state index contributed by atoms with van der Waals surface area (Å²) >= 11 is 11.7. The van der Waals surface area contributed by atoms with Crippen LogP contribution in [0, 0.1) is 0 Å². The molecule has 0 fully saturated rings. The van der Waals surface area contributed by atoms with Crippen molar-refractivity contribution in [2.75, 3.05) is 11.5 Å². The van der Waals surface area contributed by atoms with Crippen LogP contribution in [-0.2, 0) is 10.8 Å². The topological polar surface area (TPSA) is 92.5 Å². The normalized spacial score (nSPS) is 11.7. The highest BCUT2D eigenvalue weighted by Crippen LogP contribution is 2.36. The Morgan fingerprint density at radius 2 is 0.923 bits per heavy atom. The van der Waals surface area contributed by atoms with E-state index in [4.69, 9.17) is 34.7 Å². The molecule has 2 aromatic rings. The zero-order valence-electron chi connectivity index (χ0n) is 16.1. The minimum absolute atomic E-state index is 0.124. The highest BCUT2D eigenvalue weighted by Gasteiger charge is 2.20. The second-order valence-corrected chi connectivity index (χ2v) is 9.10. The molecule has 0 amide bonds. The molecular formula is C20H28Cl2N2O2. The van der Waals surface area contributed by atoms with Gasteiger partial charge in [0.2, 0.25) is 0 Å². The quantitative estimate of drug-likeness (QED) is 0.418. The third-order valence-corrected chi connectivity index (χ3v) is 4.50. The van der Waals surface area contributed by atoms with Crippen molar-refractivity contribution in [1.82, 2.24) is 0 Å². The van der Waals surface area contributed by atoms with E-state index >= 15 is 0 Å². The van der Waals surface area contributed by atoms with Gasteiger partial charge >= 0.3 is 0 Å². The van der Waals surface area contributed by atoms with Crippen molar-refractivity contribution in [3.05, 3.63) is 45.4 Å². The molecule has 0 saturated carbocycles. The fourth-order valence-electron chi connectivity index (χ4n) is 2.36. The lowest BCUT2D eigenvalue weighted by Crippen LogP contribution is -2.11. The van der Waals surface area contributed by atoms with E-state index in [0.29, 0.717) is 21.4 Å². The molecule has 0 aliphatic carbocycles. The highest BCUT2D eigenvalue weighted by atomic mass is 35.5. The number of nitrogen functional groups attached to an aromatic ring is 2. The van der Waals surface area contributed by atoms with Crippen molar-refractivity contribution in [3.63, 3.8) is 0 Å². The Morgan fingerprint density at radius 1 is 0.654 bits per heavy atom. The molecule has 6 heteroatoms. The Hall–Kier alpha value is -1.78. The Balaban J connectivity index is 0.000000260. The maximum Gasteiger partial charge on any atom is 0.121 e. The third kappa shape index (κ3) is 5.61. The van der Waals surface area contributed by atoms with Gasteiger partial charge in [-0.2, -0.15) is 0 Å². The van der Waals surface area contributed by atoms with Crippen molar-refractivity contribution in [2.45, 2.75) is 52.4 Å². The van der Waals surface area contributed by atoms with Crippen LogP contribution >= 0.6 is 23.2 Å². The molecule has 26 heavy (non-hydrogen) atoms. The number of hydrogen-bond acceptors (Lipinski definition) is 4. The monoisotopic (exact) mass is 398 g/mol. The van der Waals surface area contributed by atoms with Gasteiger partial charge in [0.05, 0.1) is 21.4 Å². The lowest BCUT2D eigenvalue weighted by Gasteiger charge is -2.21. The maximum atomic E-state index is 9.61. The molecule has 2 aromatic carbocycles. The van der Waals surface area contributed by atoms with E-state index in [0.717, 1.165) is 11.1 Å². The number of hydrogen-bond donors (Lipinski definition) is 4. The Labute approximate surface area is 165 Å². The van der Waals surface area contributed by atoms with Crippen LogP contribution in [0.15, 0.2) is 24.3 Å². The maximum absolute atomic E-state index is 9.61. The van der Waals surface area contributed by atoms with Gasteiger partial charge in [0.15, 0.2) is 0 Å². The molecule has 0 bridgehead atoms. The molecule has 0 unspecified atom stereocenters. The molecule has 0 spiro atoms. The lowest BCUT2D eigenvalue weighted by atomic mass is 9.86. The first kappa shape index (κ1) is 22.3. The second kappa shape index (κ2) is 7.85. The Bertz CT molecular complexity index is 724. The first-order valence-corrected chi connectivity index (χ1v) is 8.97. The van der Waals surface area contributed by atoms with Crippen molar-refractivity contribution in [3.8, 4) is 11.5 Å². The lowest BCUT2D eigenvalue weighted by molar-refractivity contribution is 0.446. The molecule has 0 atom stereocenters. The number of phenolic OH excluding ortho intramolecular Hbond substituents is 2. The first-order valence-electron chi connectivity index (χ1n) is 8.21. The molecule has 2 rings (SSSR count). The van der Waals surface area contributed by atoms with E-state index in [1.165, 1.54) is 12.1 Å². The molecule has 0 radical (unpaired) electrons. The van der Waals surface area contributed by atoms with E-state index in [1.54, 1.807) is 12.1 Å². The minimum Gasteiger partial charge on any atom is -0.508 e. The molecule has 0 saturated heterocycles. The summed E-state index contributed by atoms with van der Waals surface area (Å²) in [5, 5.41) is 20.2. The second-order valence-electron chi connectivity index (χ2n) is 8.28. The summed E-state index contributed by atoms with van der Waals surface area (Å²) in [5.41, 5.74) is 13.3. The van der Waals surface area contributed by atoms with Crippen molar-refractivity contribution in [2.24, 2.45) is 0 Å². The van der Waals surface area contributed by atoms with E-state index in [-0.39, 0.29) is 22.3 Å². The highest BCUT2D eigenvalue weighted by molar-refractivity contribution is 6.33. The standard InChI is InChI=1S/2C10H14ClNO/c2*1-10(2,3)6-4-7(11)8(12)5-9(6)13/h2*4-5,13H,12H2,1-3H3. The van der Waals surface area contributed by atoms with Crippen LogP contribution in [0.25, 0.3) is 0 Å². The molecule has 0 aliphatic rings. The average molecular weight is 399 g/mol. The number of anilines is 2. The number of rotatable bonds is 0. The number of aromatic hydroxyl groups is 2. The summed E-state index contributed by atoms with van der Waals surface area (Å²) < 4.78 is 0. The van der Waals surface area contributed by atoms with Crippen LogP contribution in [0.2, 0.25) is 10.0 Å². The summed E-state index contributed by atoms with van der Waals surface area (Å²) in [7, 11) is 0. The van der Waals surface area contributed by atoms with Gasteiger partial charge in [0.25, 0.3) is 0 Å². The Kier molecular flexibility index (Phi) is 6.72. The molecule has 4 nitrogen and oxygen atoms in total. The van der Waals surface area contributed by atoms with E-state index in [9.17, 15) is 10.2 Å². The van der Waals surface area contributed by atoms with Gasteiger partial charge < -0.3 is 21.7 Å². The van der Waals surface area contributed by atoms with Gasteiger partial charge in [0.1, 0.15) is 11.5 Å². The van der Waals surface area contributed by atoms with Crippen LogP contribution in [0.4, 0.5) is 11.4 Å². The number of nitrogens with two attached hydrogens (primary N) is 2. The smallest absolute Gasteiger partial charge is 0.121 e. The molecule has 0 aromatic heterocycles. The van der Waals surface area contributed by atoms with Crippen molar-refractivity contribution in [1.29, 1.82) is 0 Å². The van der Waals surface area contributed by atoms with Crippen LogP contribution in [0.5, 0.6) is 11.5 Å². The molecule has 144 valence electrons. The molecule has 0 heterocycles. The average Bonchev–Trinajstić information content (AvgIpc) is 2.45. The van der Waals surface area contributed by atoms with Crippen molar-refractivity contribution < 1.29 is 10.2 Å². The number of phenols is 2. The zero-order valence-corrected chi connectivity index (χ0v) is 17.6. The summed E-state index contributed by atoms with van der Waals surface area (Å²) in [6.07, 6.45) is 0. The van der Waals surface area contributed by atoms with Crippen molar-refractivity contribution >= 4 is 34.6 Å². The van der Waals surface area contributed by atoms with Crippen LogP contribution < -0.4 is 11.5 Å². The fraction of sp³-hybridized carbons (Fsp3) is 0.400. The SMILES string of the molecule is CC(C)(C)c1cc(Cl)c(N)cc1O.CC(C)(C)c1cc(Cl)c(N)cc1O. The fourth-order valence-corrected chi connectivity index (χ4v) is 2.68. The molecular weight excluding hydrogens is 371 g/mol. The minimum atomic E-state index is -0.124. The van der Waals surface area contributed by atoms with Gasteiger partial charge in [-0.15, -0.1) is 0 Å². The third-order valence-electron chi connectivity index (χ3n) is 3.85. The molecule has 6 N–H and O–H groups in total. The summed E-state index contributed by atoms with van der Waals surface area (Å²) in [5.74, 6) is 0.406. The van der Waals surface area contributed by atoms with Gasteiger partial charge in [-0.05, 0) is 23.0 Å². The van der Waals surface area contributed by atoms with E-state index < -0.39 is 0 Å². The summed E-state index contributed by atoms with van der Waals surface area (Å²) in [6, 6.07) is 6.41. The Morgan fingerprint density at radius 3 is 1.15 bits per heavy atom. The van der Waals surface area contributed by atoms with E-state index in [2.05, 4.69) is 0 Å². The predicted molar refractivity (Wildman–Crippen MR) is 112 cm³/mol. The summed E-state index contributed by atoms with van der Waals surface area (Å²) in [4.78, 5) is 0. The van der Waals surface area contributed by atoms with Crippen LogP contribution in [0.1, 0.15) is 52.7 Å². The van der Waals surface area contributed by atoms with Crippen LogP contribution in [-0.4, -0.2) is 10.2 Å². The summed E-state index contributed by atoms with van der Waals surface area (Å²) in [6.45, 7) is 12.1. The van der Waals surface area contributed by atoms with Gasteiger partial charge in [-0.25, -0.2) is 0 Å². The zero-order chi connectivity index (χ0) is 20.4. The number of benzene rings is 2. The van der Waals surface area contributed by atoms with Gasteiger partial charge in [0, 0.05) is 23.3 Å². The molecule has 0 aliphatic heterocycles. The predicted octanol–water partition coefficient (Wildman–Crippen LogP) is 5.85. The van der Waals surface area contributed by atoms with E-state index in [1.807, 2.05) is 41.5 Å². The first-order chi connectivity index (χ1) is 11.6. The number of halogens is 2. The largest absolute Gasteiger partial charge is 0.508 e. The van der Waals surface area contributed by atoms with Gasteiger partial charge in [-0.1, -0.05) is 64.7 Å².